The van der Waals surface area contributed by atoms with Crippen molar-refractivity contribution in [3.63, 3.8) is 0 Å². The molecule has 0 N–H and O–H groups in total. The molecule has 1 saturated heterocycles. The fourth-order valence-electron chi connectivity index (χ4n) is 3.50. The van der Waals surface area contributed by atoms with Crippen molar-refractivity contribution in [1.29, 1.82) is 0 Å². The smallest absolute Gasteiger partial charge is 0.416 e. The van der Waals surface area contributed by atoms with E-state index in [2.05, 4.69) is 4.90 Å². The molecule has 27 heavy (non-hydrogen) atoms. The Labute approximate surface area is 162 Å². The second-order valence-electron chi connectivity index (χ2n) is 6.54. The van der Waals surface area contributed by atoms with E-state index in [0.717, 1.165) is 23.3 Å². The van der Waals surface area contributed by atoms with Gasteiger partial charge in [0.25, 0.3) is 0 Å². The lowest BCUT2D eigenvalue weighted by Gasteiger charge is -2.17. The molecule has 1 aliphatic rings. The molecule has 2 aromatic rings. The lowest BCUT2D eigenvalue weighted by atomic mass is 9.88. The molecule has 3 nitrogen and oxygen atoms in total. The minimum absolute atomic E-state index is 0. The van der Waals surface area contributed by atoms with Crippen LogP contribution < -0.4 is 0 Å². The van der Waals surface area contributed by atoms with Gasteiger partial charge in [-0.25, -0.2) is 0 Å². The van der Waals surface area contributed by atoms with E-state index in [1.807, 2.05) is 30.3 Å². The number of alkyl halides is 3. The van der Waals surface area contributed by atoms with E-state index in [-0.39, 0.29) is 30.2 Å². The monoisotopic (exact) mass is 399 g/mol. The summed E-state index contributed by atoms with van der Waals surface area (Å²) in [7, 11) is 1.34. The summed E-state index contributed by atoms with van der Waals surface area (Å²) in [5, 5.41) is 0. The average Bonchev–Trinajstić information content (AvgIpc) is 3.05. The van der Waals surface area contributed by atoms with E-state index >= 15 is 0 Å². The zero-order valence-corrected chi connectivity index (χ0v) is 15.6. The second kappa shape index (κ2) is 8.76. The minimum Gasteiger partial charge on any atom is -0.469 e. The third-order valence-corrected chi connectivity index (χ3v) is 4.81. The molecule has 0 spiro atoms. The number of ether oxygens (including phenoxy) is 1. The summed E-state index contributed by atoms with van der Waals surface area (Å²) >= 11 is 0. The number of methoxy groups -OCH3 is 1. The quantitative estimate of drug-likeness (QED) is 0.708. The standard InChI is InChI=1S/C20H20F3NO2.ClH/c1-26-19(25)18-13-24(11-14-5-3-2-4-6-14)12-17(18)15-7-9-16(10-8-15)20(21,22)23;/h2-10,17-18H,11-13H2,1H3;1H/t17-,18+;/m1./s1. The normalized spacial score (nSPS) is 20.1. The molecule has 0 radical (unpaired) electrons. The highest BCUT2D eigenvalue weighted by Crippen LogP contribution is 2.36. The van der Waals surface area contributed by atoms with Gasteiger partial charge in [0.05, 0.1) is 18.6 Å². The highest BCUT2D eigenvalue weighted by atomic mass is 35.5. The van der Waals surface area contributed by atoms with Crippen LogP contribution in [0.25, 0.3) is 0 Å². The van der Waals surface area contributed by atoms with Crippen molar-refractivity contribution in [2.45, 2.75) is 18.6 Å². The molecule has 0 amide bonds. The molecule has 146 valence electrons. The molecular weight excluding hydrogens is 379 g/mol. The predicted molar refractivity (Wildman–Crippen MR) is 98.7 cm³/mol. The van der Waals surface area contributed by atoms with Gasteiger partial charge in [-0.2, -0.15) is 13.2 Å². The van der Waals surface area contributed by atoms with Gasteiger partial charge in [-0.15, -0.1) is 12.4 Å². The lowest BCUT2D eigenvalue weighted by molar-refractivity contribution is -0.145. The number of benzene rings is 2. The van der Waals surface area contributed by atoms with Crippen LogP contribution in [0.2, 0.25) is 0 Å². The van der Waals surface area contributed by atoms with Crippen LogP contribution >= 0.6 is 12.4 Å². The van der Waals surface area contributed by atoms with E-state index in [1.54, 1.807) is 0 Å². The molecule has 2 aromatic carbocycles. The molecule has 1 fully saturated rings. The first-order chi connectivity index (χ1) is 12.4. The van der Waals surface area contributed by atoms with Gasteiger partial charge in [-0.05, 0) is 23.3 Å². The van der Waals surface area contributed by atoms with Crippen LogP contribution in [0.1, 0.15) is 22.6 Å². The topological polar surface area (TPSA) is 29.5 Å². The molecule has 0 aliphatic carbocycles. The molecule has 2 atom stereocenters. The molecule has 0 saturated carbocycles. The average molecular weight is 400 g/mol. The first-order valence-electron chi connectivity index (χ1n) is 8.39. The van der Waals surface area contributed by atoms with Crippen LogP contribution in [-0.4, -0.2) is 31.1 Å². The van der Waals surface area contributed by atoms with Gasteiger partial charge in [0, 0.05) is 25.6 Å². The first kappa shape index (κ1) is 21.3. The number of carbonyl (C=O) groups excluding carboxylic acids is 1. The lowest BCUT2D eigenvalue weighted by Crippen LogP contribution is -2.24. The number of likely N-dealkylation sites (tertiary alicyclic amines) is 1. The highest BCUT2D eigenvalue weighted by Gasteiger charge is 2.39. The molecule has 0 unspecified atom stereocenters. The zero-order chi connectivity index (χ0) is 18.7. The molecule has 3 rings (SSSR count). The predicted octanol–water partition coefficient (Wildman–Crippen LogP) is 4.52. The van der Waals surface area contributed by atoms with Gasteiger partial charge < -0.3 is 4.74 Å². The van der Waals surface area contributed by atoms with Crippen LogP contribution in [0.3, 0.4) is 0 Å². The maximum atomic E-state index is 12.8. The third-order valence-electron chi connectivity index (χ3n) is 4.81. The number of carbonyl (C=O) groups is 1. The van der Waals surface area contributed by atoms with E-state index in [4.69, 9.17) is 4.74 Å². The number of rotatable bonds is 4. The first-order valence-corrected chi connectivity index (χ1v) is 8.39. The molecule has 1 heterocycles. The summed E-state index contributed by atoms with van der Waals surface area (Å²) in [6.45, 7) is 1.80. The van der Waals surface area contributed by atoms with Crippen molar-refractivity contribution in [3.8, 4) is 0 Å². The molecule has 7 heteroatoms. The van der Waals surface area contributed by atoms with E-state index in [1.165, 1.54) is 19.2 Å². The Morgan fingerprint density at radius 3 is 2.26 bits per heavy atom. The van der Waals surface area contributed by atoms with Gasteiger partial charge in [-0.1, -0.05) is 42.5 Å². The van der Waals surface area contributed by atoms with Crippen LogP contribution in [0.15, 0.2) is 54.6 Å². The Kier molecular flexibility index (Phi) is 6.89. The highest BCUT2D eigenvalue weighted by molar-refractivity contribution is 5.85. The van der Waals surface area contributed by atoms with Gasteiger partial charge in [-0.3, -0.25) is 9.69 Å². The number of hydrogen-bond donors (Lipinski definition) is 0. The van der Waals surface area contributed by atoms with Crippen LogP contribution in [0.4, 0.5) is 13.2 Å². The Bertz CT molecular complexity index is 750. The fourth-order valence-corrected chi connectivity index (χ4v) is 3.50. The van der Waals surface area contributed by atoms with Crippen molar-refractivity contribution in [3.05, 3.63) is 71.3 Å². The number of halogens is 4. The summed E-state index contributed by atoms with van der Waals surface area (Å²) < 4.78 is 43.3. The summed E-state index contributed by atoms with van der Waals surface area (Å²) in [5.41, 5.74) is 1.17. The summed E-state index contributed by atoms with van der Waals surface area (Å²) in [6, 6.07) is 15.0. The van der Waals surface area contributed by atoms with Crippen LogP contribution in [0.5, 0.6) is 0 Å². The largest absolute Gasteiger partial charge is 0.469 e. The van der Waals surface area contributed by atoms with Gasteiger partial charge in [0.2, 0.25) is 0 Å². The maximum Gasteiger partial charge on any atom is 0.416 e. The molecule has 0 bridgehead atoms. The molecule has 1 aliphatic heterocycles. The third kappa shape index (κ3) is 5.02. The summed E-state index contributed by atoms with van der Waals surface area (Å²) in [5.74, 6) is -0.903. The minimum atomic E-state index is -4.37. The van der Waals surface area contributed by atoms with Crippen molar-refractivity contribution < 1.29 is 22.7 Å². The van der Waals surface area contributed by atoms with Crippen molar-refractivity contribution >= 4 is 18.4 Å². The summed E-state index contributed by atoms with van der Waals surface area (Å²) in [4.78, 5) is 14.3. The Morgan fingerprint density at radius 2 is 1.70 bits per heavy atom. The van der Waals surface area contributed by atoms with E-state index in [9.17, 15) is 18.0 Å². The van der Waals surface area contributed by atoms with Crippen LogP contribution in [-0.2, 0) is 22.3 Å². The maximum absolute atomic E-state index is 12.8. The van der Waals surface area contributed by atoms with Crippen molar-refractivity contribution in [2.24, 2.45) is 5.92 Å². The Hall–Kier alpha value is -2.05. The van der Waals surface area contributed by atoms with Crippen molar-refractivity contribution in [1.82, 2.24) is 4.90 Å². The van der Waals surface area contributed by atoms with Crippen LogP contribution in [0, 0.1) is 5.92 Å². The van der Waals surface area contributed by atoms with Gasteiger partial charge in [0.1, 0.15) is 0 Å². The van der Waals surface area contributed by atoms with E-state index in [0.29, 0.717) is 19.6 Å². The number of hydrogen-bond acceptors (Lipinski definition) is 3. The fraction of sp³-hybridized carbons (Fsp3) is 0.350. The van der Waals surface area contributed by atoms with Gasteiger partial charge >= 0.3 is 12.1 Å². The molecular formula is C20H21ClF3NO2. The zero-order valence-electron chi connectivity index (χ0n) is 14.8. The Morgan fingerprint density at radius 1 is 1.07 bits per heavy atom. The summed E-state index contributed by atoms with van der Waals surface area (Å²) in [6.07, 6.45) is -4.37. The van der Waals surface area contributed by atoms with E-state index < -0.39 is 11.7 Å². The van der Waals surface area contributed by atoms with Crippen molar-refractivity contribution in [2.75, 3.05) is 20.2 Å². The Balaban J connectivity index is 0.00000261. The number of nitrogens with zero attached hydrogens (tertiary/aromatic N) is 1. The number of esters is 1. The second-order valence-corrected chi connectivity index (χ2v) is 6.54. The molecule has 0 aromatic heterocycles. The van der Waals surface area contributed by atoms with Gasteiger partial charge in [0.15, 0.2) is 0 Å². The SMILES string of the molecule is COC(=O)[C@H]1CN(Cc2ccccc2)C[C@@H]1c1ccc(C(F)(F)F)cc1.Cl.